The zero-order valence-electron chi connectivity index (χ0n) is 16.3. The number of ether oxygens (including phenoxy) is 1. The van der Waals surface area contributed by atoms with Gasteiger partial charge in [0.1, 0.15) is 5.01 Å². The van der Waals surface area contributed by atoms with Crippen molar-refractivity contribution in [1.82, 2.24) is 4.98 Å². The lowest BCUT2D eigenvalue weighted by Gasteiger charge is -2.21. The molecule has 0 N–H and O–H groups in total. The molecule has 0 aliphatic rings. The third kappa shape index (κ3) is 4.32. The quantitative estimate of drug-likeness (QED) is 0.436. The van der Waals surface area contributed by atoms with E-state index in [4.69, 9.17) is 23.2 Å². The van der Waals surface area contributed by atoms with E-state index in [-0.39, 0.29) is 22.0 Å². The smallest absolute Gasteiger partial charge is 0.339 e. The fourth-order valence-electron chi connectivity index (χ4n) is 2.86. The summed E-state index contributed by atoms with van der Waals surface area (Å²) < 4.78 is 32.6. The van der Waals surface area contributed by atoms with Crippen molar-refractivity contribution in [2.45, 2.75) is 18.7 Å². The number of anilines is 1. The molecule has 158 valence electrons. The number of methoxy groups -OCH3 is 1. The van der Waals surface area contributed by atoms with Crippen LogP contribution in [0.1, 0.15) is 22.2 Å². The molecule has 0 atom stereocenters. The van der Waals surface area contributed by atoms with Gasteiger partial charge in [0, 0.05) is 22.0 Å². The average molecular weight is 485 g/mol. The van der Waals surface area contributed by atoms with E-state index in [0.29, 0.717) is 15.8 Å². The Hall–Kier alpha value is -2.13. The Balaban J connectivity index is 2.07. The molecule has 10 heteroatoms. The van der Waals surface area contributed by atoms with Gasteiger partial charge in [-0.2, -0.15) is 0 Å². The van der Waals surface area contributed by atoms with Crippen molar-refractivity contribution < 1.29 is 17.9 Å². The molecule has 6 nitrogen and oxygen atoms in total. The Morgan fingerprint density at radius 3 is 2.57 bits per heavy atom. The zero-order chi connectivity index (χ0) is 22.1. The Bertz CT molecular complexity index is 1210. The molecule has 0 saturated heterocycles. The van der Waals surface area contributed by atoms with Crippen LogP contribution >= 0.6 is 34.5 Å². The summed E-state index contributed by atoms with van der Waals surface area (Å²) in [5.74, 6) is -0.389. The highest BCUT2D eigenvalue weighted by Gasteiger charge is 2.29. The Labute approximate surface area is 189 Å². The van der Waals surface area contributed by atoms with Crippen LogP contribution in [-0.4, -0.2) is 33.0 Å². The van der Waals surface area contributed by atoms with E-state index in [9.17, 15) is 13.2 Å². The number of nitrogens with zero attached hydrogens (tertiary/aromatic N) is 2. The number of benzene rings is 2. The number of thiazole rings is 1. The molecule has 2 aromatic carbocycles. The highest BCUT2D eigenvalue weighted by atomic mass is 35.5. The van der Waals surface area contributed by atoms with Gasteiger partial charge in [-0.1, -0.05) is 35.3 Å². The second-order valence-corrected chi connectivity index (χ2v) is 10.1. The second-order valence-electron chi connectivity index (χ2n) is 6.21. The molecule has 0 spiro atoms. The molecule has 0 saturated carbocycles. The highest BCUT2D eigenvalue weighted by molar-refractivity contribution is 7.92. The van der Waals surface area contributed by atoms with Crippen LogP contribution in [0.25, 0.3) is 10.6 Å². The molecule has 30 heavy (non-hydrogen) atoms. The van der Waals surface area contributed by atoms with Gasteiger partial charge in [-0.05, 0) is 44.2 Å². The van der Waals surface area contributed by atoms with Crippen LogP contribution in [0.4, 0.5) is 5.82 Å². The maximum Gasteiger partial charge on any atom is 0.339 e. The topological polar surface area (TPSA) is 76.6 Å². The number of hydrogen-bond donors (Lipinski definition) is 0. The molecule has 0 unspecified atom stereocenters. The summed E-state index contributed by atoms with van der Waals surface area (Å²) in [4.78, 5) is 17.1. The summed E-state index contributed by atoms with van der Waals surface area (Å²) in [6.45, 7) is 3.67. The normalized spacial score (nSPS) is 11.4. The van der Waals surface area contributed by atoms with Gasteiger partial charge in [0.05, 0.1) is 22.6 Å². The highest BCUT2D eigenvalue weighted by Crippen LogP contribution is 2.36. The van der Waals surface area contributed by atoms with Gasteiger partial charge in [-0.3, -0.25) is 0 Å². The van der Waals surface area contributed by atoms with E-state index < -0.39 is 16.0 Å². The van der Waals surface area contributed by atoms with E-state index in [0.717, 1.165) is 10.4 Å². The van der Waals surface area contributed by atoms with Gasteiger partial charge >= 0.3 is 5.97 Å². The molecule has 3 rings (SSSR count). The first-order valence-corrected chi connectivity index (χ1v) is 11.8. The van der Waals surface area contributed by atoms with Crippen LogP contribution in [0, 0.1) is 6.92 Å². The molecular weight excluding hydrogens is 467 g/mol. The molecule has 0 bridgehead atoms. The van der Waals surface area contributed by atoms with Crippen LogP contribution in [0.3, 0.4) is 0 Å². The molecule has 1 heterocycles. The summed E-state index contributed by atoms with van der Waals surface area (Å²) in [5, 5.41) is 1.33. The van der Waals surface area contributed by atoms with Gasteiger partial charge in [0.2, 0.25) is 0 Å². The van der Waals surface area contributed by atoms with Gasteiger partial charge in [-0.15, -0.1) is 11.3 Å². The first kappa shape index (κ1) is 22.6. The summed E-state index contributed by atoms with van der Waals surface area (Å²) in [6, 6.07) is 11.1. The van der Waals surface area contributed by atoms with Crippen LogP contribution < -0.4 is 4.31 Å². The van der Waals surface area contributed by atoms with Gasteiger partial charge in [0.15, 0.2) is 5.82 Å². The van der Waals surface area contributed by atoms with Crippen LogP contribution in [0.15, 0.2) is 47.4 Å². The maximum absolute atomic E-state index is 13.4. The van der Waals surface area contributed by atoms with Crippen molar-refractivity contribution in [2.75, 3.05) is 18.0 Å². The first-order chi connectivity index (χ1) is 14.2. The predicted molar refractivity (Wildman–Crippen MR) is 120 cm³/mol. The summed E-state index contributed by atoms with van der Waals surface area (Å²) in [6.07, 6.45) is 0. The molecule has 3 aromatic rings. The van der Waals surface area contributed by atoms with Gasteiger partial charge < -0.3 is 4.74 Å². The number of hydrogen-bond acceptors (Lipinski definition) is 6. The number of carbonyl (C=O) groups is 1. The SMILES string of the molecule is CCN(c1nc(-c2cccc(Cl)c2)sc1C)S(=O)(=O)c1ccc(Cl)c(C(=O)OC)c1. The summed E-state index contributed by atoms with van der Waals surface area (Å²) in [5.41, 5.74) is 0.778. The lowest BCUT2D eigenvalue weighted by atomic mass is 10.2. The van der Waals surface area contributed by atoms with E-state index in [1.54, 1.807) is 26.0 Å². The third-order valence-electron chi connectivity index (χ3n) is 4.30. The van der Waals surface area contributed by atoms with Gasteiger partial charge in [0.25, 0.3) is 10.0 Å². The molecular formula is C20H18Cl2N2O4S2. The lowest BCUT2D eigenvalue weighted by molar-refractivity contribution is 0.0600. The maximum atomic E-state index is 13.4. The van der Waals surface area contributed by atoms with Crippen molar-refractivity contribution in [3.63, 3.8) is 0 Å². The van der Waals surface area contributed by atoms with Crippen molar-refractivity contribution in [2.24, 2.45) is 0 Å². The van der Waals surface area contributed by atoms with E-state index in [1.807, 2.05) is 12.1 Å². The first-order valence-electron chi connectivity index (χ1n) is 8.83. The number of aryl methyl sites for hydroxylation is 1. The average Bonchev–Trinajstić information content (AvgIpc) is 3.09. The molecule has 0 aliphatic heterocycles. The monoisotopic (exact) mass is 484 g/mol. The Morgan fingerprint density at radius 2 is 1.93 bits per heavy atom. The lowest BCUT2D eigenvalue weighted by Crippen LogP contribution is -2.31. The largest absolute Gasteiger partial charge is 0.465 e. The van der Waals surface area contributed by atoms with Crippen molar-refractivity contribution in [1.29, 1.82) is 0 Å². The van der Waals surface area contributed by atoms with Crippen LogP contribution in [0.5, 0.6) is 0 Å². The van der Waals surface area contributed by atoms with Crippen molar-refractivity contribution in [3.05, 3.63) is 63.0 Å². The van der Waals surface area contributed by atoms with E-state index in [2.05, 4.69) is 9.72 Å². The molecule has 0 radical (unpaired) electrons. The number of esters is 1. The number of carbonyl (C=O) groups excluding carboxylic acids is 1. The fourth-order valence-corrected chi connectivity index (χ4v) is 5.72. The minimum absolute atomic E-state index is 0.0223. The summed E-state index contributed by atoms with van der Waals surface area (Å²) >= 11 is 13.5. The number of sulfonamides is 1. The Morgan fingerprint density at radius 1 is 1.20 bits per heavy atom. The van der Waals surface area contributed by atoms with E-state index in [1.165, 1.54) is 41.0 Å². The predicted octanol–water partition coefficient (Wildman–Crippen LogP) is 5.43. The third-order valence-corrected chi connectivity index (χ3v) is 7.73. The molecule has 1 aromatic heterocycles. The number of aromatic nitrogens is 1. The number of halogens is 2. The van der Waals surface area contributed by atoms with Crippen molar-refractivity contribution in [3.8, 4) is 10.6 Å². The fraction of sp³-hybridized carbons (Fsp3) is 0.200. The Kier molecular flexibility index (Phi) is 6.71. The minimum Gasteiger partial charge on any atom is -0.465 e. The van der Waals surface area contributed by atoms with Gasteiger partial charge in [-0.25, -0.2) is 22.5 Å². The van der Waals surface area contributed by atoms with E-state index >= 15 is 0 Å². The molecule has 0 aliphatic carbocycles. The zero-order valence-corrected chi connectivity index (χ0v) is 19.5. The number of rotatable bonds is 6. The minimum atomic E-state index is -4.00. The second kappa shape index (κ2) is 8.93. The molecule has 0 fully saturated rings. The summed E-state index contributed by atoms with van der Waals surface area (Å²) in [7, 11) is -2.80. The van der Waals surface area contributed by atoms with Crippen LogP contribution in [-0.2, 0) is 14.8 Å². The standard InChI is InChI=1S/C20H18Cl2N2O4S2/c1-4-24(18-12(2)29-19(23-18)13-6-5-7-14(21)10-13)30(26,27)15-8-9-17(22)16(11-15)20(25)28-3/h5-11H,4H2,1-3H3. The van der Waals surface area contributed by atoms with Crippen LogP contribution in [0.2, 0.25) is 10.0 Å². The van der Waals surface area contributed by atoms with Crippen molar-refractivity contribution >= 4 is 56.3 Å². The molecule has 0 amide bonds.